The van der Waals surface area contributed by atoms with Crippen molar-refractivity contribution >= 4 is 0 Å². The monoisotopic (exact) mass is 462 g/mol. The summed E-state index contributed by atoms with van der Waals surface area (Å²) in [5.74, 6) is 1.87. The van der Waals surface area contributed by atoms with Gasteiger partial charge in [-0.15, -0.1) is 0 Å². The zero-order valence-corrected chi connectivity index (χ0v) is 20.7. The SMILES string of the molecule is C[C@H]1[C@@H](OCCc2ccc(-c3ccccc3)cc2)O[C@@H]2C[C@]3(C)CC[C@H]4[C@H](C)CC[C@@H]1[C@@]24OO3. The van der Waals surface area contributed by atoms with Gasteiger partial charge in [-0.05, 0) is 67.6 Å². The van der Waals surface area contributed by atoms with Crippen LogP contribution < -0.4 is 0 Å². The maximum absolute atomic E-state index is 6.74. The van der Waals surface area contributed by atoms with E-state index in [4.69, 9.17) is 19.2 Å². The van der Waals surface area contributed by atoms with E-state index in [1.807, 2.05) is 0 Å². The summed E-state index contributed by atoms with van der Waals surface area (Å²) in [5, 5.41) is 0. The highest BCUT2D eigenvalue weighted by Crippen LogP contribution is 2.61. The Kier molecular flexibility index (Phi) is 5.84. The van der Waals surface area contributed by atoms with Gasteiger partial charge in [-0.1, -0.05) is 68.4 Å². The van der Waals surface area contributed by atoms with E-state index < -0.39 is 0 Å². The lowest BCUT2D eigenvalue weighted by atomic mass is 9.56. The molecule has 5 aliphatic rings. The lowest BCUT2D eigenvalue weighted by molar-refractivity contribution is -0.495. The van der Waals surface area contributed by atoms with Crippen LogP contribution in [0.4, 0.5) is 0 Å². The van der Waals surface area contributed by atoms with E-state index in [2.05, 4.69) is 75.4 Å². The molecule has 0 unspecified atom stereocenters. The fraction of sp³-hybridized carbons (Fsp3) is 0.600. The standard InChI is InChI=1S/C30H38O4/c1-20-9-14-26-21(2)28(32-27-19-29(3)17-15-25(20)30(26,27)34-33-29)31-18-16-22-10-12-24(13-11-22)23-7-5-4-6-8-23/h4-8,10-13,20-21,25-28H,9,14-19H2,1-3H3/t20-,21-,25+,26+,27-,28+,29+,30-/m1/s1. The van der Waals surface area contributed by atoms with Crippen LogP contribution >= 0.6 is 0 Å². The predicted molar refractivity (Wildman–Crippen MR) is 132 cm³/mol. The molecule has 2 aliphatic carbocycles. The first-order chi connectivity index (χ1) is 16.5. The highest BCUT2D eigenvalue weighted by atomic mass is 17.2. The second-order valence-corrected chi connectivity index (χ2v) is 11.5. The van der Waals surface area contributed by atoms with Gasteiger partial charge in [0.2, 0.25) is 0 Å². The van der Waals surface area contributed by atoms with Gasteiger partial charge in [-0.2, -0.15) is 0 Å². The second kappa shape index (κ2) is 8.74. The van der Waals surface area contributed by atoms with Crippen LogP contribution in [0.1, 0.15) is 58.4 Å². The Morgan fingerprint density at radius 1 is 0.882 bits per heavy atom. The van der Waals surface area contributed by atoms with E-state index >= 15 is 0 Å². The largest absolute Gasteiger partial charge is 0.352 e. The van der Waals surface area contributed by atoms with Crippen molar-refractivity contribution in [3.63, 3.8) is 0 Å². The van der Waals surface area contributed by atoms with Crippen molar-refractivity contribution in [2.45, 2.75) is 82.9 Å². The molecule has 1 spiro atoms. The smallest absolute Gasteiger partial charge is 0.161 e. The number of hydrogen-bond acceptors (Lipinski definition) is 4. The minimum absolute atomic E-state index is 0.0536. The molecule has 2 saturated carbocycles. The van der Waals surface area contributed by atoms with Crippen LogP contribution in [0.2, 0.25) is 0 Å². The Bertz CT molecular complexity index is 991. The van der Waals surface area contributed by atoms with Crippen molar-refractivity contribution in [2.75, 3.05) is 6.61 Å². The molecule has 2 aromatic carbocycles. The van der Waals surface area contributed by atoms with Gasteiger partial charge in [0.1, 0.15) is 11.2 Å². The van der Waals surface area contributed by atoms with E-state index in [1.165, 1.54) is 36.0 Å². The molecule has 182 valence electrons. The number of benzene rings is 2. The average Bonchev–Trinajstić information content (AvgIpc) is 3.09. The number of fused-ring (bicyclic) bond motifs is 2. The molecule has 3 saturated heterocycles. The van der Waals surface area contributed by atoms with Gasteiger partial charge < -0.3 is 9.47 Å². The molecule has 0 N–H and O–H groups in total. The van der Waals surface area contributed by atoms with E-state index in [0.717, 1.165) is 19.3 Å². The summed E-state index contributed by atoms with van der Waals surface area (Å²) in [6.07, 6.45) is 6.32. The Morgan fingerprint density at radius 3 is 2.44 bits per heavy atom. The van der Waals surface area contributed by atoms with Crippen LogP contribution in [0.25, 0.3) is 11.1 Å². The molecule has 0 amide bonds. The Morgan fingerprint density at radius 2 is 1.65 bits per heavy atom. The lowest BCUT2D eigenvalue weighted by Gasteiger charge is -2.61. The average molecular weight is 463 g/mol. The van der Waals surface area contributed by atoms with Crippen molar-refractivity contribution in [1.82, 2.24) is 0 Å². The molecule has 2 aromatic rings. The first kappa shape index (κ1) is 22.7. The summed E-state index contributed by atoms with van der Waals surface area (Å²) < 4.78 is 13.2. The van der Waals surface area contributed by atoms with Crippen LogP contribution in [0.15, 0.2) is 54.6 Å². The van der Waals surface area contributed by atoms with Gasteiger partial charge in [-0.3, -0.25) is 0 Å². The molecule has 2 bridgehead atoms. The minimum Gasteiger partial charge on any atom is -0.352 e. The van der Waals surface area contributed by atoms with Gasteiger partial charge in [-0.25, -0.2) is 9.78 Å². The fourth-order valence-corrected chi connectivity index (χ4v) is 7.40. The van der Waals surface area contributed by atoms with E-state index in [0.29, 0.717) is 24.4 Å². The Hall–Kier alpha value is -1.72. The van der Waals surface area contributed by atoms with Gasteiger partial charge in [0.15, 0.2) is 6.29 Å². The third-order valence-electron chi connectivity index (χ3n) is 9.37. The van der Waals surface area contributed by atoms with E-state index in [-0.39, 0.29) is 29.5 Å². The summed E-state index contributed by atoms with van der Waals surface area (Å²) in [6, 6.07) is 19.4. The van der Waals surface area contributed by atoms with Crippen LogP contribution in [0, 0.1) is 23.7 Å². The lowest BCUT2D eigenvalue weighted by Crippen LogP contribution is -2.69. The molecular formula is C30H38O4. The van der Waals surface area contributed by atoms with E-state index in [9.17, 15) is 0 Å². The molecular weight excluding hydrogens is 424 g/mol. The van der Waals surface area contributed by atoms with Crippen molar-refractivity contribution in [1.29, 1.82) is 0 Å². The van der Waals surface area contributed by atoms with Gasteiger partial charge in [0.05, 0.1) is 12.7 Å². The molecule has 8 atom stereocenters. The van der Waals surface area contributed by atoms with Crippen molar-refractivity contribution in [3.8, 4) is 11.1 Å². The van der Waals surface area contributed by atoms with Gasteiger partial charge in [0.25, 0.3) is 0 Å². The van der Waals surface area contributed by atoms with Crippen LogP contribution in [0.3, 0.4) is 0 Å². The number of rotatable bonds is 5. The maximum atomic E-state index is 6.74. The van der Waals surface area contributed by atoms with Crippen molar-refractivity contribution in [3.05, 3.63) is 60.2 Å². The number of ether oxygens (including phenoxy) is 2. The Balaban J connectivity index is 1.14. The molecule has 3 aliphatic heterocycles. The van der Waals surface area contributed by atoms with Crippen molar-refractivity contribution in [2.24, 2.45) is 23.7 Å². The van der Waals surface area contributed by atoms with Crippen LogP contribution in [-0.2, 0) is 25.7 Å². The zero-order chi connectivity index (χ0) is 23.3. The predicted octanol–water partition coefficient (Wildman–Crippen LogP) is 6.58. The molecule has 4 heteroatoms. The molecule has 0 radical (unpaired) electrons. The molecule has 3 heterocycles. The molecule has 0 aromatic heterocycles. The Labute approximate surface area is 203 Å². The van der Waals surface area contributed by atoms with Gasteiger partial charge in [0, 0.05) is 18.3 Å². The summed E-state index contributed by atoms with van der Waals surface area (Å²) >= 11 is 0. The highest BCUT2D eigenvalue weighted by molar-refractivity contribution is 5.63. The maximum Gasteiger partial charge on any atom is 0.161 e. The molecule has 7 rings (SSSR count). The van der Waals surface area contributed by atoms with Crippen LogP contribution in [0.5, 0.6) is 0 Å². The minimum atomic E-state index is -0.305. The van der Waals surface area contributed by atoms with Crippen LogP contribution in [-0.4, -0.2) is 30.2 Å². The fourth-order valence-electron chi connectivity index (χ4n) is 7.40. The highest BCUT2D eigenvalue weighted by Gasteiger charge is 2.68. The summed E-state index contributed by atoms with van der Waals surface area (Å²) in [7, 11) is 0. The molecule has 5 fully saturated rings. The summed E-state index contributed by atoms with van der Waals surface area (Å²) in [6.45, 7) is 7.55. The zero-order valence-electron chi connectivity index (χ0n) is 20.7. The first-order valence-electron chi connectivity index (χ1n) is 13.3. The molecule has 4 nitrogen and oxygen atoms in total. The third-order valence-corrected chi connectivity index (χ3v) is 9.37. The van der Waals surface area contributed by atoms with Crippen molar-refractivity contribution < 1.29 is 19.2 Å². The second-order valence-electron chi connectivity index (χ2n) is 11.5. The third kappa shape index (κ3) is 3.74. The summed E-state index contributed by atoms with van der Waals surface area (Å²) in [4.78, 5) is 12.5. The van der Waals surface area contributed by atoms with E-state index in [1.54, 1.807) is 0 Å². The normalized spacial score (nSPS) is 41.0. The topological polar surface area (TPSA) is 36.9 Å². The first-order valence-corrected chi connectivity index (χ1v) is 13.3. The molecule has 34 heavy (non-hydrogen) atoms. The van der Waals surface area contributed by atoms with Gasteiger partial charge >= 0.3 is 0 Å². The number of hydrogen-bond donors (Lipinski definition) is 0. The quantitative estimate of drug-likeness (QED) is 0.470. The summed E-state index contributed by atoms with van der Waals surface area (Å²) in [5.41, 5.74) is 3.24.